The second kappa shape index (κ2) is 8.18. The SMILES string of the molecule is CCC1(CC)Cc2cc3c(cc2C1)[C](CC(C)C)([Hf]([CH3])([CH3])[C]1(C)C(C)=C(C)C(C)=C1C)C=C3. The summed E-state index contributed by atoms with van der Waals surface area (Å²) in [5, 5.41) is 0. The first-order valence-corrected chi connectivity index (χ1v) is 24.3. The van der Waals surface area contributed by atoms with Gasteiger partial charge in [-0.2, -0.15) is 0 Å². The van der Waals surface area contributed by atoms with Crippen molar-refractivity contribution in [1.82, 2.24) is 0 Å². The molecule has 1 aromatic carbocycles. The first-order chi connectivity index (χ1) is 15.3. The standard InChI is InChI=1S/C20H27.C10H15.2CH3.Hf/c1-5-20(6-2)12-17-10-16-8-7-15(9-14(3)4)19(16)11-18(17)13-20;1-6-7(2)9(4)10(5)8(6)3;;;/h7-8,10-11,14H,5-6,9,12-13H2,1-4H3;1-5H3;2*1H3;. The van der Waals surface area contributed by atoms with Crippen molar-refractivity contribution < 1.29 is 20.0 Å². The van der Waals surface area contributed by atoms with E-state index in [4.69, 9.17) is 0 Å². The summed E-state index contributed by atoms with van der Waals surface area (Å²) >= 11 is -3.11. The van der Waals surface area contributed by atoms with E-state index in [-0.39, 0.29) is 6.34 Å². The van der Waals surface area contributed by atoms with Crippen molar-refractivity contribution in [3.05, 3.63) is 62.8 Å². The molecule has 1 aromatic rings. The summed E-state index contributed by atoms with van der Waals surface area (Å²) in [6.07, 6.45) is 11.7. The van der Waals surface area contributed by atoms with Crippen LogP contribution in [0.3, 0.4) is 0 Å². The Kier molecular flexibility index (Phi) is 6.30. The molecule has 180 valence electrons. The van der Waals surface area contributed by atoms with Gasteiger partial charge in [-0.15, -0.1) is 0 Å². The van der Waals surface area contributed by atoms with Gasteiger partial charge in [0.05, 0.1) is 0 Å². The first-order valence-electron chi connectivity index (χ1n) is 13.5. The van der Waals surface area contributed by atoms with Crippen LogP contribution in [0.4, 0.5) is 0 Å². The molecule has 0 bridgehead atoms. The van der Waals surface area contributed by atoms with E-state index in [1.54, 1.807) is 44.5 Å². The molecule has 1 atom stereocenters. The molecule has 0 aliphatic heterocycles. The molecular weight excluding hydrogens is 563 g/mol. The van der Waals surface area contributed by atoms with E-state index in [1.807, 2.05) is 0 Å². The zero-order valence-electron chi connectivity index (χ0n) is 23.4. The van der Waals surface area contributed by atoms with Gasteiger partial charge in [-0.3, -0.25) is 0 Å². The second-order valence-corrected chi connectivity index (χ2v) is 31.4. The molecule has 0 saturated heterocycles. The molecule has 33 heavy (non-hydrogen) atoms. The number of allylic oxidation sites excluding steroid dienone is 5. The van der Waals surface area contributed by atoms with Gasteiger partial charge in [-0.25, -0.2) is 0 Å². The zero-order valence-corrected chi connectivity index (χ0v) is 27.0. The van der Waals surface area contributed by atoms with Crippen LogP contribution < -0.4 is 0 Å². The summed E-state index contributed by atoms with van der Waals surface area (Å²) in [5.41, 5.74) is 13.5. The van der Waals surface area contributed by atoms with Crippen molar-refractivity contribution in [1.29, 1.82) is 0 Å². The number of benzene rings is 1. The van der Waals surface area contributed by atoms with E-state index < -0.39 is 20.0 Å². The molecule has 3 aliphatic carbocycles. The number of rotatable bonds is 6. The van der Waals surface area contributed by atoms with Crippen LogP contribution in [0.15, 0.2) is 40.5 Å². The van der Waals surface area contributed by atoms with E-state index in [9.17, 15) is 0 Å². The molecule has 0 amide bonds. The predicted octanol–water partition coefficient (Wildman–Crippen LogP) is 9.97. The molecule has 4 rings (SSSR count). The molecule has 0 N–H and O–H groups in total. The molecule has 3 aliphatic rings. The maximum atomic E-state index is 2.79. The Hall–Kier alpha value is -0.690. The molecule has 1 heteroatoms. The summed E-state index contributed by atoms with van der Waals surface area (Å²) in [5.74, 6) is 0.694. The Balaban J connectivity index is 1.92. The van der Waals surface area contributed by atoms with Crippen LogP contribution in [0.5, 0.6) is 0 Å². The summed E-state index contributed by atoms with van der Waals surface area (Å²) in [6.45, 7) is 22.0. The number of fused-ring (bicyclic) bond motifs is 2. The number of hydrogen-bond acceptors (Lipinski definition) is 0. The van der Waals surface area contributed by atoms with Gasteiger partial charge in [-0.1, -0.05) is 0 Å². The van der Waals surface area contributed by atoms with Crippen LogP contribution in [-0.2, 0) is 36.0 Å². The van der Waals surface area contributed by atoms with Crippen LogP contribution in [0, 0.1) is 11.3 Å². The molecule has 0 radical (unpaired) electrons. The Morgan fingerprint density at radius 1 is 0.879 bits per heavy atom. The summed E-state index contributed by atoms with van der Waals surface area (Å²) in [7, 11) is 0. The van der Waals surface area contributed by atoms with Gasteiger partial charge in [0.15, 0.2) is 0 Å². The zero-order chi connectivity index (χ0) is 24.6. The Morgan fingerprint density at radius 2 is 1.39 bits per heavy atom. The van der Waals surface area contributed by atoms with Gasteiger partial charge >= 0.3 is 210 Å². The Morgan fingerprint density at radius 3 is 1.88 bits per heavy atom. The minimum absolute atomic E-state index is 0.261. The van der Waals surface area contributed by atoms with E-state index in [0.717, 1.165) is 0 Å². The molecule has 0 fully saturated rings. The molecule has 0 heterocycles. The van der Waals surface area contributed by atoms with Crippen LogP contribution in [-0.4, -0.2) is 0 Å². The van der Waals surface area contributed by atoms with Gasteiger partial charge in [0.1, 0.15) is 0 Å². The van der Waals surface area contributed by atoms with Gasteiger partial charge < -0.3 is 0 Å². The van der Waals surface area contributed by atoms with E-state index in [1.165, 1.54) is 32.1 Å². The van der Waals surface area contributed by atoms with Crippen molar-refractivity contribution in [3.63, 3.8) is 0 Å². The van der Waals surface area contributed by atoms with Gasteiger partial charge in [-0.05, 0) is 0 Å². The Bertz CT molecular complexity index is 1050. The van der Waals surface area contributed by atoms with Gasteiger partial charge in [0.25, 0.3) is 0 Å². The van der Waals surface area contributed by atoms with Gasteiger partial charge in [0, 0.05) is 0 Å². The molecule has 0 aromatic heterocycles. The fourth-order valence-electron chi connectivity index (χ4n) is 8.10. The first kappa shape index (κ1) is 25.4. The third-order valence-electron chi connectivity index (χ3n) is 11.3. The van der Waals surface area contributed by atoms with Crippen LogP contribution in [0.1, 0.15) is 104 Å². The van der Waals surface area contributed by atoms with Crippen LogP contribution in [0.2, 0.25) is 12.5 Å². The van der Waals surface area contributed by atoms with Crippen LogP contribution >= 0.6 is 0 Å². The fraction of sp³-hybridized carbons (Fsp3) is 0.625. The fourth-order valence-corrected chi connectivity index (χ4v) is 27.7. The number of hydrogen-bond donors (Lipinski definition) is 0. The predicted molar refractivity (Wildman–Crippen MR) is 144 cm³/mol. The summed E-state index contributed by atoms with van der Waals surface area (Å²) < 4.78 is 6.13. The van der Waals surface area contributed by atoms with Crippen molar-refractivity contribution in [2.45, 2.75) is 110 Å². The van der Waals surface area contributed by atoms with E-state index in [0.29, 0.717) is 11.3 Å². The van der Waals surface area contributed by atoms with E-state index >= 15 is 0 Å². The van der Waals surface area contributed by atoms with Gasteiger partial charge in [0.2, 0.25) is 0 Å². The minimum atomic E-state index is -3.11. The Labute approximate surface area is 209 Å². The second-order valence-electron chi connectivity index (χ2n) is 12.9. The monoisotopic (exact) mass is 612 g/mol. The molecular formula is C32H48Hf. The molecule has 0 nitrogen and oxygen atoms in total. The maximum absolute atomic E-state index is 3.11. The normalized spacial score (nSPS) is 25.5. The van der Waals surface area contributed by atoms with E-state index in [2.05, 4.69) is 96.0 Å². The third kappa shape index (κ3) is 3.30. The quantitative estimate of drug-likeness (QED) is 0.281. The van der Waals surface area contributed by atoms with Crippen LogP contribution in [0.25, 0.3) is 6.08 Å². The van der Waals surface area contributed by atoms with Crippen molar-refractivity contribution in [3.8, 4) is 0 Å². The van der Waals surface area contributed by atoms with Crippen molar-refractivity contribution in [2.24, 2.45) is 11.3 Å². The van der Waals surface area contributed by atoms with Crippen molar-refractivity contribution in [2.75, 3.05) is 0 Å². The summed E-state index contributed by atoms with van der Waals surface area (Å²) in [4.78, 5) is 0. The third-order valence-corrected chi connectivity index (χ3v) is 33.3. The molecule has 0 saturated carbocycles. The molecule has 1 unspecified atom stereocenters. The molecule has 0 spiro atoms. The average molecular weight is 611 g/mol. The van der Waals surface area contributed by atoms with Crippen molar-refractivity contribution >= 4 is 6.08 Å². The topological polar surface area (TPSA) is 0 Å². The summed E-state index contributed by atoms with van der Waals surface area (Å²) in [6, 6.07) is 5.33. The average Bonchev–Trinajstić information content (AvgIpc) is 3.37.